The van der Waals surface area contributed by atoms with Crippen molar-refractivity contribution in [2.45, 2.75) is 50.5 Å². The van der Waals surface area contributed by atoms with Crippen LogP contribution < -0.4 is 11.1 Å². The summed E-state index contributed by atoms with van der Waals surface area (Å²) in [4.78, 5) is 2.38. The summed E-state index contributed by atoms with van der Waals surface area (Å²) < 4.78 is 16.4. The van der Waals surface area contributed by atoms with Crippen molar-refractivity contribution in [3.05, 3.63) is 65.5 Å². The van der Waals surface area contributed by atoms with E-state index in [1.54, 1.807) is 6.07 Å². The third-order valence-electron chi connectivity index (χ3n) is 7.82. The van der Waals surface area contributed by atoms with Crippen LogP contribution in [-0.4, -0.2) is 47.4 Å². The molecule has 188 valence electrons. The van der Waals surface area contributed by atoms with Gasteiger partial charge in [-0.05, 0) is 93.9 Å². The highest BCUT2D eigenvalue weighted by molar-refractivity contribution is 5.67. The molecule has 7 heteroatoms. The van der Waals surface area contributed by atoms with Crippen LogP contribution in [0.2, 0.25) is 0 Å². The molecule has 6 nitrogen and oxygen atoms in total. The van der Waals surface area contributed by atoms with Crippen molar-refractivity contribution in [2.75, 3.05) is 32.0 Å². The van der Waals surface area contributed by atoms with Gasteiger partial charge in [-0.25, -0.2) is 9.07 Å². The number of aromatic nitrogens is 2. The number of piperidine rings is 1. The van der Waals surface area contributed by atoms with Crippen molar-refractivity contribution in [3.63, 3.8) is 0 Å². The van der Waals surface area contributed by atoms with Gasteiger partial charge in [0, 0.05) is 24.2 Å². The Balaban J connectivity index is 1.42. The smallest absolute Gasteiger partial charge is 0.149 e. The molecule has 0 bridgehead atoms. The molecule has 0 amide bonds. The average Bonchev–Trinajstić information content (AvgIpc) is 3.32. The molecule has 1 aromatic heterocycles. The second-order valence-corrected chi connectivity index (χ2v) is 10.5. The van der Waals surface area contributed by atoms with Crippen molar-refractivity contribution in [1.29, 1.82) is 5.26 Å². The zero-order chi connectivity index (χ0) is 25.1. The van der Waals surface area contributed by atoms with Crippen LogP contribution >= 0.6 is 0 Å². The number of benzene rings is 2. The quantitative estimate of drug-likeness (QED) is 0.495. The minimum absolute atomic E-state index is 0.0410. The third kappa shape index (κ3) is 5.45. The maximum absolute atomic E-state index is 14.5. The molecular formula is C29H35FN6. The predicted molar refractivity (Wildman–Crippen MR) is 142 cm³/mol. The van der Waals surface area contributed by atoms with E-state index in [-0.39, 0.29) is 11.6 Å². The van der Waals surface area contributed by atoms with Crippen LogP contribution in [0.15, 0.2) is 48.5 Å². The normalized spacial score (nSPS) is 21.3. The van der Waals surface area contributed by atoms with Crippen LogP contribution in [0.1, 0.15) is 55.6 Å². The Bertz CT molecular complexity index is 1220. The Kier molecular flexibility index (Phi) is 7.35. The first-order valence-electron chi connectivity index (χ1n) is 13.1. The molecule has 1 aliphatic heterocycles. The van der Waals surface area contributed by atoms with Gasteiger partial charge in [-0.3, -0.25) is 0 Å². The number of nitrogens with one attached hydrogen (secondary N) is 1. The Morgan fingerprint density at radius 1 is 1.08 bits per heavy atom. The van der Waals surface area contributed by atoms with Crippen molar-refractivity contribution in [1.82, 2.24) is 14.7 Å². The van der Waals surface area contributed by atoms with E-state index in [0.717, 1.165) is 49.7 Å². The van der Waals surface area contributed by atoms with E-state index < -0.39 is 5.82 Å². The number of nitriles is 1. The molecule has 1 saturated carbocycles. The number of hydrogen-bond donors (Lipinski definition) is 2. The van der Waals surface area contributed by atoms with E-state index in [9.17, 15) is 4.39 Å². The monoisotopic (exact) mass is 486 g/mol. The van der Waals surface area contributed by atoms with E-state index in [1.807, 2.05) is 16.8 Å². The Hall–Kier alpha value is -3.21. The molecule has 0 unspecified atom stereocenters. The van der Waals surface area contributed by atoms with Crippen molar-refractivity contribution < 1.29 is 4.39 Å². The highest BCUT2D eigenvalue weighted by atomic mass is 19.1. The summed E-state index contributed by atoms with van der Waals surface area (Å²) in [5.74, 6) is 1.35. The molecule has 2 fully saturated rings. The van der Waals surface area contributed by atoms with Crippen LogP contribution in [0.3, 0.4) is 0 Å². The number of hydrogen-bond acceptors (Lipinski definition) is 5. The molecular weight excluding hydrogens is 451 g/mol. The minimum atomic E-state index is -0.522. The summed E-state index contributed by atoms with van der Waals surface area (Å²) in [6.07, 6.45) is 6.82. The molecule has 2 atom stereocenters. The van der Waals surface area contributed by atoms with Crippen LogP contribution in [0.5, 0.6) is 0 Å². The molecule has 1 aliphatic carbocycles. The van der Waals surface area contributed by atoms with Crippen molar-refractivity contribution >= 4 is 5.82 Å². The van der Waals surface area contributed by atoms with E-state index in [1.165, 1.54) is 43.4 Å². The summed E-state index contributed by atoms with van der Waals surface area (Å²) in [7, 11) is 2.18. The van der Waals surface area contributed by atoms with E-state index in [2.05, 4.69) is 41.5 Å². The Morgan fingerprint density at radius 3 is 2.56 bits per heavy atom. The summed E-state index contributed by atoms with van der Waals surface area (Å²) in [5, 5.41) is 17.5. The molecule has 36 heavy (non-hydrogen) atoms. The molecule has 1 saturated heterocycles. The van der Waals surface area contributed by atoms with Gasteiger partial charge in [0.05, 0.1) is 16.9 Å². The molecule has 2 heterocycles. The number of rotatable bonds is 6. The Labute approximate surface area is 212 Å². The zero-order valence-electron chi connectivity index (χ0n) is 21.0. The number of halogens is 1. The second-order valence-electron chi connectivity index (χ2n) is 10.5. The second kappa shape index (κ2) is 10.8. The van der Waals surface area contributed by atoms with Gasteiger partial charge in [-0.15, -0.1) is 5.10 Å². The fourth-order valence-corrected chi connectivity index (χ4v) is 5.63. The molecule has 5 rings (SSSR count). The van der Waals surface area contributed by atoms with Gasteiger partial charge < -0.3 is 16.0 Å². The van der Waals surface area contributed by atoms with Gasteiger partial charge >= 0.3 is 0 Å². The Morgan fingerprint density at radius 2 is 1.86 bits per heavy atom. The first-order valence-corrected chi connectivity index (χ1v) is 13.1. The molecule has 3 aromatic rings. The number of anilines is 1. The summed E-state index contributed by atoms with van der Waals surface area (Å²) >= 11 is 0. The van der Waals surface area contributed by atoms with E-state index in [4.69, 9.17) is 16.1 Å². The lowest BCUT2D eigenvalue weighted by Crippen LogP contribution is -2.31. The fourth-order valence-electron chi connectivity index (χ4n) is 5.63. The third-order valence-corrected chi connectivity index (χ3v) is 7.82. The highest BCUT2D eigenvalue weighted by Crippen LogP contribution is 2.31. The van der Waals surface area contributed by atoms with Crippen molar-refractivity contribution in [2.24, 2.45) is 11.7 Å². The summed E-state index contributed by atoms with van der Waals surface area (Å²) in [6.45, 7) is 3.07. The van der Waals surface area contributed by atoms with Crippen LogP contribution in [0, 0.1) is 23.1 Å². The average molecular weight is 487 g/mol. The topological polar surface area (TPSA) is 82.9 Å². The SMILES string of the molecule is CN1CCC(c2ccc(-n3nc(NC[C@H]4CCC[C@H](N)C4)cc3-c3ccc(C#N)c(F)c3)cc2)CC1. The van der Waals surface area contributed by atoms with Crippen LogP contribution in [-0.2, 0) is 0 Å². The largest absolute Gasteiger partial charge is 0.368 e. The highest BCUT2D eigenvalue weighted by Gasteiger charge is 2.21. The molecule has 3 N–H and O–H groups in total. The fraction of sp³-hybridized carbons (Fsp3) is 0.448. The van der Waals surface area contributed by atoms with Gasteiger partial charge in [-0.2, -0.15) is 5.26 Å². The minimum Gasteiger partial charge on any atom is -0.368 e. The lowest BCUT2D eigenvalue weighted by Gasteiger charge is -2.29. The summed E-state index contributed by atoms with van der Waals surface area (Å²) in [5.41, 5.74) is 9.98. The van der Waals surface area contributed by atoms with E-state index >= 15 is 0 Å². The number of likely N-dealkylation sites (tertiary alicyclic amines) is 1. The molecule has 2 aromatic carbocycles. The lowest BCUT2D eigenvalue weighted by molar-refractivity contribution is 0.255. The standard InChI is InChI=1S/C29H35FN6/c1-35-13-11-22(12-14-35)21-7-9-26(10-8-21)36-28(23-5-6-24(18-31)27(30)16-23)17-29(34-36)33-19-20-3-2-4-25(32)15-20/h5-10,16-17,20,22,25H,2-4,11-15,19,32H2,1H3,(H,33,34)/t20-,25-/m0/s1. The maximum Gasteiger partial charge on any atom is 0.149 e. The van der Waals surface area contributed by atoms with E-state index in [0.29, 0.717) is 17.4 Å². The first kappa shape index (κ1) is 24.5. The first-order chi connectivity index (χ1) is 17.5. The van der Waals surface area contributed by atoms with Crippen molar-refractivity contribution in [3.8, 4) is 23.0 Å². The van der Waals surface area contributed by atoms with Gasteiger partial charge in [0.2, 0.25) is 0 Å². The van der Waals surface area contributed by atoms with Gasteiger partial charge in [-0.1, -0.05) is 24.6 Å². The molecule has 2 aliphatic rings. The molecule has 0 radical (unpaired) electrons. The number of nitrogens with two attached hydrogens (primary N) is 1. The summed E-state index contributed by atoms with van der Waals surface area (Å²) in [6, 6.07) is 17.5. The van der Waals surface area contributed by atoms with Gasteiger partial charge in [0.1, 0.15) is 17.7 Å². The maximum atomic E-state index is 14.5. The van der Waals surface area contributed by atoms with Gasteiger partial charge in [0.15, 0.2) is 0 Å². The lowest BCUT2D eigenvalue weighted by atomic mass is 9.86. The van der Waals surface area contributed by atoms with Gasteiger partial charge in [0.25, 0.3) is 0 Å². The number of nitrogens with zero attached hydrogens (tertiary/aromatic N) is 4. The van der Waals surface area contributed by atoms with Crippen LogP contribution in [0.4, 0.5) is 10.2 Å². The zero-order valence-corrected chi connectivity index (χ0v) is 21.0. The molecule has 0 spiro atoms. The predicted octanol–water partition coefficient (Wildman–Crippen LogP) is 5.29. The van der Waals surface area contributed by atoms with Crippen LogP contribution in [0.25, 0.3) is 16.9 Å².